The molecule has 30 heavy (non-hydrogen) atoms. The van der Waals surface area contributed by atoms with Gasteiger partial charge in [0.05, 0.1) is 12.0 Å². The Kier molecular flexibility index (Phi) is 5.12. The van der Waals surface area contributed by atoms with Crippen LogP contribution in [0.1, 0.15) is 35.4 Å². The van der Waals surface area contributed by atoms with Crippen molar-refractivity contribution < 1.29 is 14.0 Å². The van der Waals surface area contributed by atoms with E-state index in [4.69, 9.17) is 9.40 Å². The molecule has 5 rings (SSSR count). The number of thiazole rings is 1. The number of hydrogen-bond donors (Lipinski definition) is 1. The van der Waals surface area contributed by atoms with Gasteiger partial charge >= 0.3 is 0 Å². The minimum Gasteiger partial charge on any atom is -0.462 e. The minimum atomic E-state index is -0.0230. The predicted molar refractivity (Wildman–Crippen MR) is 115 cm³/mol. The van der Waals surface area contributed by atoms with Gasteiger partial charge in [0.15, 0.2) is 10.8 Å². The minimum absolute atomic E-state index is 0.00313. The fourth-order valence-corrected chi connectivity index (χ4v) is 4.82. The number of nitrogens with one attached hydrogen (secondary N) is 1. The molecule has 154 valence electrons. The Morgan fingerprint density at radius 1 is 1.03 bits per heavy atom. The van der Waals surface area contributed by atoms with Crippen molar-refractivity contribution in [2.24, 2.45) is 5.92 Å². The molecule has 1 saturated heterocycles. The number of hydrogen-bond acceptors (Lipinski definition) is 5. The summed E-state index contributed by atoms with van der Waals surface area (Å²) in [5.74, 6) is 0.785. The van der Waals surface area contributed by atoms with Gasteiger partial charge in [-0.15, -0.1) is 11.3 Å². The van der Waals surface area contributed by atoms with Crippen LogP contribution in [0.5, 0.6) is 0 Å². The van der Waals surface area contributed by atoms with Crippen LogP contribution in [-0.4, -0.2) is 40.8 Å². The van der Waals surface area contributed by atoms with Crippen LogP contribution in [0.2, 0.25) is 0 Å². The zero-order valence-electron chi connectivity index (χ0n) is 16.5. The molecule has 1 aromatic carbocycles. The number of amides is 2. The molecular formula is C23H23N3O3S. The van der Waals surface area contributed by atoms with Gasteiger partial charge in [0.2, 0.25) is 5.91 Å². The van der Waals surface area contributed by atoms with E-state index < -0.39 is 0 Å². The van der Waals surface area contributed by atoms with Crippen LogP contribution in [0, 0.1) is 5.92 Å². The highest BCUT2D eigenvalue weighted by Gasteiger charge is 2.33. The third-order valence-electron chi connectivity index (χ3n) is 5.68. The van der Waals surface area contributed by atoms with Crippen LogP contribution < -0.4 is 5.32 Å². The molecule has 0 unspecified atom stereocenters. The van der Waals surface area contributed by atoms with Crippen LogP contribution in [0.3, 0.4) is 0 Å². The smallest absolute Gasteiger partial charge is 0.266 e. The maximum absolute atomic E-state index is 13.4. The summed E-state index contributed by atoms with van der Waals surface area (Å²) in [6, 6.07) is 13.8. The number of nitrogens with zero attached hydrogens (tertiary/aromatic N) is 2. The summed E-state index contributed by atoms with van der Waals surface area (Å²) < 4.78 is 5.50. The Morgan fingerprint density at radius 3 is 2.47 bits per heavy atom. The van der Waals surface area contributed by atoms with E-state index >= 15 is 0 Å². The number of carbonyl (C=O) groups is 2. The number of rotatable bonds is 5. The Bertz CT molecular complexity index is 1030. The highest BCUT2D eigenvalue weighted by Crippen LogP contribution is 2.35. The van der Waals surface area contributed by atoms with Gasteiger partial charge in [-0.2, -0.15) is 0 Å². The molecule has 2 amide bonds. The molecule has 0 spiro atoms. The van der Waals surface area contributed by atoms with Crippen molar-refractivity contribution in [1.29, 1.82) is 0 Å². The second kappa shape index (κ2) is 8.07. The molecule has 1 aliphatic heterocycles. The molecule has 0 bridgehead atoms. The van der Waals surface area contributed by atoms with Crippen LogP contribution in [-0.2, 0) is 4.79 Å². The lowest BCUT2D eigenvalue weighted by atomic mass is 9.95. The highest BCUT2D eigenvalue weighted by atomic mass is 32.1. The van der Waals surface area contributed by atoms with Crippen molar-refractivity contribution >= 4 is 23.2 Å². The fourth-order valence-electron chi connectivity index (χ4n) is 3.80. The van der Waals surface area contributed by atoms with Gasteiger partial charge in [-0.05, 0) is 37.8 Å². The predicted octanol–water partition coefficient (Wildman–Crippen LogP) is 4.20. The molecule has 2 fully saturated rings. The van der Waals surface area contributed by atoms with E-state index in [0.29, 0.717) is 53.3 Å². The summed E-state index contributed by atoms with van der Waals surface area (Å²) in [5.41, 5.74) is 1.60. The average molecular weight is 422 g/mol. The standard InChI is InChI=1S/C23H23N3O3S/c27-21(24-17-8-9-17)16-10-12-26(13-11-16)23(28)20-19(15-5-2-1-3-6-15)25-22(30-20)18-7-4-14-29-18/h1-7,14,16-17H,8-13H2,(H,24,27). The van der Waals surface area contributed by atoms with E-state index in [9.17, 15) is 9.59 Å². The van der Waals surface area contributed by atoms with Crippen molar-refractivity contribution in [3.8, 4) is 22.0 Å². The number of carbonyl (C=O) groups excluding carboxylic acids is 2. The monoisotopic (exact) mass is 421 g/mol. The maximum Gasteiger partial charge on any atom is 0.266 e. The summed E-state index contributed by atoms with van der Waals surface area (Å²) in [4.78, 5) is 32.9. The van der Waals surface area contributed by atoms with Gasteiger partial charge in [0.25, 0.3) is 5.91 Å². The maximum atomic E-state index is 13.4. The molecule has 3 heterocycles. The molecule has 0 atom stereocenters. The Balaban J connectivity index is 1.36. The van der Waals surface area contributed by atoms with Gasteiger partial charge < -0.3 is 14.6 Å². The third-order valence-corrected chi connectivity index (χ3v) is 6.74. The van der Waals surface area contributed by atoms with Gasteiger partial charge in [-0.1, -0.05) is 30.3 Å². The van der Waals surface area contributed by atoms with Gasteiger partial charge in [-0.25, -0.2) is 4.98 Å². The molecular weight excluding hydrogens is 398 g/mol. The lowest BCUT2D eigenvalue weighted by molar-refractivity contribution is -0.126. The summed E-state index contributed by atoms with van der Waals surface area (Å²) in [7, 11) is 0. The van der Waals surface area contributed by atoms with Crippen molar-refractivity contribution in [2.45, 2.75) is 31.7 Å². The summed E-state index contributed by atoms with van der Waals surface area (Å²) in [5, 5.41) is 3.78. The summed E-state index contributed by atoms with van der Waals surface area (Å²) >= 11 is 1.36. The molecule has 1 saturated carbocycles. The van der Waals surface area contributed by atoms with Crippen LogP contribution in [0.25, 0.3) is 22.0 Å². The molecule has 2 aromatic heterocycles. The number of benzene rings is 1. The first-order valence-corrected chi connectivity index (χ1v) is 11.2. The molecule has 2 aliphatic rings. The molecule has 7 heteroatoms. The zero-order chi connectivity index (χ0) is 20.5. The fraction of sp³-hybridized carbons (Fsp3) is 0.348. The number of aromatic nitrogens is 1. The van der Waals surface area contributed by atoms with Crippen molar-refractivity contribution in [3.63, 3.8) is 0 Å². The highest BCUT2D eigenvalue weighted by molar-refractivity contribution is 7.17. The Hall–Kier alpha value is -2.93. The molecule has 3 aromatic rings. The largest absolute Gasteiger partial charge is 0.462 e. The van der Waals surface area contributed by atoms with Gasteiger partial charge in [-0.3, -0.25) is 9.59 Å². The Labute approximate surface area is 178 Å². The zero-order valence-corrected chi connectivity index (χ0v) is 17.4. The topological polar surface area (TPSA) is 75.4 Å². The molecule has 0 radical (unpaired) electrons. The van der Waals surface area contributed by atoms with E-state index in [1.54, 1.807) is 6.26 Å². The summed E-state index contributed by atoms with van der Waals surface area (Å²) in [6.07, 6.45) is 5.20. The lowest BCUT2D eigenvalue weighted by Gasteiger charge is -2.31. The first-order chi connectivity index (χ1) is 14.7. The van der Waals surface area contributed by atoms with Crippen LogP contribution >= 0.6 is 11.3 Å². The van der Waals surface area contributed by atoms with E-state index in [-0.39, 0.29) is 17.7 Å². The number of furan rings is 1. The lowest BCUT2D eigenvalue weighted by Crippen LogP contribution is -2.43. The summed E-state index contributed by atoms with van der Waals surface area (Å²) in [6.45, 7) is 1.17. The van der Waals surface area contributed by atoms with E-state index in [0.717, 1.165) is 18.4 Å². The van der Waals surface area contributed by atoms with E-state index in [2.05, 4.69) is 5.32 Å². The average Bonchev–Trinajstić information content (AvgIpc) is 3.26. The normalized spacial score (nSPS) is 17.1. The molecule has 6 nitrogen and oxygen atoms in total. The third kappa shape index (κ3) is 3.89. The molecule has 1 N–H and O–H groups in total. The van der Waals surface area contributed by atoms with Crippen LogP contribution in [0.15, 0.2) is 53.1 Å². The van der Waals surface area contributed by atoms with Crippen molar-refractivity contribution in [2.75, 3.05) is 13.1 Å². The van der Waals surface area contributed by atoms with Gasteiger partial charge in [0.1, 0.15) is 4.88 Å². The quantitative estimate of drug-likeness (QED) is 0.670. The SMILES string of the molecule is O=C(NC1CC1)C1CCN(C(=O)c2sc(-c3ccco3)nc2-c2ccccc2)CC1. The van der Waals surface area contributed by atoms with Crippen LogP contribution in [0.4, 0.5) is 0 Å². The Morgan fingerprint density at radius 2 is 1.80 bits per heavy atom. The van der Waals surface area contributed by atoms with E-state index in [1.807, 2.05) is 47.4 Å². The number of piperidine rings is 1. The van der Waals surface area contributed by atoms with Crippen molar-refractivity contribution in [1.82, 2.24) is 15.2 Å². The second-order valence-electron chi connectivity index (χ2n) is 7.89. The first-order valence-electron chi connectivity index (χ1n) is 10.4. The van der Waals surface area contributed by atoms with Crippen molar-refractivity contribution in [3.05, 3.63) is 53.6 Å². The van der Waals surface area contributed by atoms with E-state index in [1.165, 1.54) is 11.3 Å². The second-order valence-corrected chi connectivity index (χ2v) is 8.89. The first kappa shape index (κ1) is 19.1. The van der Waals surface area contributed by atoms with Gasteiger partial charge in [0, 0.05) is 30.6 Å². The number of likely N-dealkylation sites (tertiary alicyclic amines) is 1. The molecule has 1 aliphatic carbocycles.